The van der Waals surface area contributed by atoms with Gasteiger partial charge in [0.1, 0.15) is 22.6 Å². The summed E-state index contributed by atoms with van der Waals surface area (Å²) in [5.74, 6) is 3.30. The number of hydrogen-bond donors (Lipinski definition) is 4. The molecule has 0 unspecified atom stereocenters. The van der Waals surface area contributed by atoms with Crippen LogP contribution in [0.5, 0.6) is 0 Å². The van der Waals surface area contributed by atoms with Crippen LogP contribution in [0.3, 0.4) is 0 Å². The molecule has 8 nitrogen and oxygen atoms in total. The number of aromatic nitrogens is 4. The summed E-state index contributed by atoms with van der Waals surface area (Å²) >= 11 is 0. The third-order valence-corrected chi connectivity index (χ3v) is 3.19. The fourth-order valence-corrected chi connectivity index (χ4v) is 2.22. The lowest BCUT2D eigenvalue weighted by molar-refractivity contribution is 0.578. The average Bonchev–Trinajstić information content (AvgIpc) is 3.19. The van der Waals surface area contributed by atoms with E-state index in [-0.39, 0.29) is 0 Å². The highest BCUT2D eigenvalue weighted by Gasteiger charge is 2.08. The van der Waals surface area contributed by atoms with Crippen molar-refractivity contribution < 1.29 is 8.83 Å². The molecule has 4 heterocycles. The Balaban J connectivity index is 0.000000131. The van der Waals surface area contributed by atoms with E-state index in [0.29, 0.717) is 0 Å². The molecule has 22 heavy (non-hydrogen) atoms. The minimum absolute atomic E-state index is 0.758. The number of nitrogens with zero attached hydrogens (tertiary/aromatic N) is 2. The quantitative estimate of drug-likeness (QED) is 0.453. The molecule has 0 spiro atoms. The first kappa shape index (κ1) is 14.1. The Labute approximate surface area is 126 Å². The van der Waals surface area contributed by atoms with E-state index in [0.717, 1.165) is 45.4 Å². The lowest BCUT2D eigenvalue weighted by Gasteiger charge is -1.88. The molecule has 116 valence electrons. The molecule has 4 aromatic rings. The van der Waals surface area contributed by atoms with Gasteiger partial charge >= 0.3 is 0 Å². The van der Waals surface area contributed by atoms with Crippen LogP contribution >= 0.6 is 0 Å². The van der Waals surface area contributed by atoms with E-state index >= 15 is 0 Å². The Morgan fingerprint density at radius 3 is 1.59 bits per heavy atom. The molecule has 0 saturated heterocycles. The third kappa shape index (κ3) is 2.39. The Hall–Kier alpha value is -2.90. The summed E-state index contributed by atoms with van der Waals surface area (Å²) < 4.78 is 10.7. The van der Waals surface area contributed by atoms with Gasteiger partial charge in [-0.3, -0.25) is 10.2 Å². The molecule has 4 rings (SSSR count). The van der Waals surface area contributed by atoms with E-state index in [1.165, 1.54) is 0 Å². The van der Waals surface area contributed by atoms with Gasteiger partial charge in [-0.15, -0.1) is 0 Å². The number of anilines is 2. The van der Waals surface area contributed by atoms with E-state index < -0.39 is 0 Å². The highest BCUT2D eigenvalue weighted by molar-refractivity contribution is 5.85. The van der Waals surface area contributed by atoms with Crippen molar-refractivity contribution in [2.75, 3.05) is 24.7 Å². The van der Waals surface area contributed by atoms with Crippen LogP contribution in [-0.4, -0.2) is 34.5 Å². The first-order valence-electron chi connectivity index (χ1n) is 6.87. The Morgan fingerprint density at radius 1 is 0.818 bits per heavy atom. The molecule has 4 aromatic heterocycles. The maximum atomic E-state index is 5.37. The summed E-state index contributed by atoms with van der Waals surface area (Å²) in [4.78, 5) is 0. The minimum Gasteiger partial charge on any atom is -0.456 e. The van der Waals surface area contributed by atoms with Crippen molar-refractivity contribution in [3.8, 4) is 0 Å². The largest absolute Gasteiger partial charge is 0.456 e. The summed E-state index contributed by atoms with van der Waals surface area (Å²) in [6.45, 7) is 3.82. The second kappa shape index (κ2) is 5.47. The zero-order chi connectivity index (χ0) is 15.7. The molecular weight excluding hydrogens is 284 g/mol. The molecule has 0 bridgehead atoms. The summed E-state index contributed by atoms with van der Waals surface area (Å²) in [7, 11) is 3.63. The molecule has 8 heteroatoms. The van der Waals surface area contributed by atoms with E-state index in [9.17, 15) is 0 Å². The summed E-state index contributed by atoms with van der Waals surface area (Å²) in [5.41, 5.74) is 3.47. The van der Waals surface area contributed by atoms with E-state index in [1.54, 1.807) is 0 Å². The van der Waals surface area contributed by atoms with Gasteiger partial charge in [-0.05, 0) is 13.8 Å². The van der Waals surface area contributed by atoms with Gasteiger partial charge in [0.15, 0.2) is 22.8 Å². The lowest BCUT2D eigenvalue weighted by Crippen LogP contribution is -1.87. The van der Waals surface area contributed by atoms with Gasteiger partial charge in [0.2, 0.25) is 0 Å². The molecule has 4 N–H and O–H groups in total. The van der Waals surface area contributed by atoms with Crippen LogP contribution in [0, 0.1) is 13.8 Å². The third-order valence-electron chi connectivity index (χ3n) is 3.19. The number of nitrogens with one attached hydrogen (secondary N) is 4. The predicted octanol–water partition coefficient (Wildman–Crippen LogP) is 3.01. The number of hydrogen-bond acceptors (Lipinski definition) is 6. The van der Waals surface area contributed by atoms with Crippen molar-refractivity contribution in [3.05, 3.63) is 23.7 Å². The van der Waals surface area contributed by atoms with Crippen molar-refractivity contribution in [2.45, 2.75) is 13.8 Å². The molecule has 0 aliphatic rings. The van der Waals surface area contributed by atoms with Crippen LogP contribution < -0.4 is 10.6 Å². The molecule has 0 aromatic carbocycles. The van der Waals surface area contributed by atoms with Crippen molar-refractivity contribution in [1.29, 1.82) is 0 Å². The first-order chi connectivity index (χ1) is 10.6. The van der Waals surface area contributed by atoms with Crippen molar-refractivity contribution >= 4 is 33.8 Å². The Morgan fingerprint density at radius 2 is 1.23 bits per heavy atom. The van der Waals surface area contributed by atoms with E-state index in [1.807, 2.05) is 40.1 Å². The molecule has 0 radical (unpaired) electrons. The highest BCUT2D eigenvalue weighted by atomic mass is 16.3. The van der Waals surface area contributed by atoms with Crippen LogP contribution in [-0.2, 0) is 0 Å². The highest BCUT2D eigenvalue weighted by Crippen LogP contribution is 2.23. The topological polar surface area (TPSA) is 108 Å². The molecular formula is C14H18N6O2. The van der Waals surface area contributed by atoms with Gasteiger partial charge < -0.3 is 19.5 Å². The van der Waals surface area contributed by atoms with Crippen molar-refractivity contribution in [1.82, 2.24) is 20.4 Å². The zero-order valence-electron chi connectivity index (χ0n) is 12.9. The summed E-state index contributed by atoms with van der Waals surface area (Å²) in [6, 6.07) is 3.84. The van der Waals surface area contributed by atoms with Crippen molar-refractivity contribution in [2.24, 2.45) is 0 Å². The maximum absolute atomic E-state index is 5.37. The van der Waals surface area contributed by atoms with Crippen LogP contribution in [0.1, 0.15) is 11.5 Å². The smallest absolute Gasteiger partial charge is 0.195 e. The number of H-pyrrole nitrogens is 2. The number of furan rings is 2. The van der Waals surface area contributed by atoms with Gasteiger partial charge in [-0.25, -0.2) is 0 Å². The van der Waals surface area contributed by atoms with Crippen LogP contribution in [0.4, 0.5) is 11.6 Å². The van der Waals surface area contributed by atoms with Gasteiger partial charge in [0.25, 0.3) is 0 Å². The second-order valence-corrected chi connectivity index (χ2v) is 4.84. The number of rotatable bonds is 2. The second-order valence-electron chi connectivity index (χ2n) is 4.84. The monoisotopic (exact) mass is 302 g/mol. The number of fused-ring (bicyclic) bond motifs is 2. The van der Waals surface area contributed by atoms with Crippen LogP contribution in [0.15, 0.2) is 21.0 Å². The fourth-order valence-electron chi connectivity index (χ4n) is 2.22. The molecule has 0 aliphatic carbocycles. The average molecular weight is 302 g/mol. The summed E-state index contributed by atoms with van der Waals surface area (Å²) in [5, 5.41) is 19.5. The molecule has 0 aliphatic heterocycles. The first-order valence-corrected chi connectivity index (χ1v) is 6.87. The lowest BCUT2D eigenvalue weighted by atomic mass is 10.4. The summed E-state index contributed by atoms with van der Waals surface area (Å²) in [6.07, 6.45) is 0. The number of aromatic amines is 2. The van der Waals surface area contributed by atoms with Gasteiger partial charge in [-0.2, -0.15) is 10.2 Å². The molecule has 0 atom stereocenters. The SMILES string of the molecule is CNc1n[nH]c2cc(C)oc12.CNc1n[nH]c2cc(C)oc12. The van der Waals surface area contributed by atoms with Gasteiger partial charge in [0, 0.05) is 26.2 Å². The Kier molecular flexibility index (Phi) is 3.50. The number of aryl methyl sites for hydroxylation is 2. The fraction of sp³-hybridized carbons (Fsp3) is 0.286. The van der Waals surface area contributed by atoms with Crippen LogP contribution in [0.25, 0.3) is 22.2 Å². The standard InChI is InChI=1S/2C7H9N3O/c2*1-4-3-5-6(11-4)7(8-2)10-9-5/h2*3H,1-2H3,(H2,8,9,10). The van der Waals surface area contributed by atoms with Gasteiger partial charge in [0.05, 0.1) is 0 Å². The molecule has 0 saturated carbocycles. The van der Waals surface area contributed by atoms with E-state index in [4.69, 9.17) is 8.83 Å². The van der Waals surface area contributed by atoms with Crippen molar-refractivity contribution in [3.63, 3.8) is 0 Å². The zero-order valence-corrected chi connectivity index (χ0v) is 12.9. The van der Waals surface area contributed by atoms with Gasteiger partial charge in [-0.1, -0.05) is 0 Å². The molecule has 0 fully saturated rings. The van der Waals surface area contributed by atoms with E-state index in [2.05, 4.69) is 31.0 Å². The maximum Gasteiger partial charge on any atom is 0.195 e. The molecule has 0 amide bonds. The predicted molar refractivity (Wildman–Crippen MR) is 85.3 cm³/mol. The van der Waals surface area contributed by atoms with Crippen LogP contribution in [0.2, 0.25) is 0 Å². The Bertz CT molecular complexity index is 822. The minimum atomic E-state index is 0.758. The normalized spacial score (nSPS) is 10.7.